The molecule has 1 aliphatic heterocycles. The van der Waals surface area contributed by atoms with Crippen LogP contribution in [0.4, 0.5) is 0 Å². The molecule has 1 heterocycles. The van der Waals surface area contributed by atoms with Crippen LogP contribution in [0.3, 0.4) is 0 Å². The van der Waals surface area contributed by atoms with E-state index in [1.54, 1.807) is 6.07 Å². The normalized spacial score (nSPS) is 25.0. The molecule has 3 rings (SSSR count). The van der Waals surface area contributed by atoms with Gasteiger partial charge in [0, 0.05) is 11.1 Å². The van der Waals surface area contributed by atoms with Crippen LogP contribution in [0.2, 0.25) is 10.0 Å². The lowest BCUT2D eigenvalue weighted by Gasteiger charge is -2.30. The highest BCUT2D eigenvalue weighted by Gasteiger charge is 2.35. The molecule has 0 aromatic heterocycles. The molecule has 1 aromatic carbocycles. The summed E-state index contributed by atoms with van der Waals surface area (Å²) in [6, 6.07) is 5.95. The van der Waals surface area contributed by atoms with Gasteiger partial charge in [-0.3, -0.25) is 0 Å². The maximum atomic E-state index is 6.32. The minimum Gasteiger partial charge on any atom is -0.487 e. The molecule has 1 saturated heterocycles. The third-order valence-corrected chi connectivity index (χ3v) is 5.05. The van der Waals surface area contributed by atoms with Gasteiger partial charge in [0.15, 0.2) is 0 Å². The fourth-order valence-electron chi connectivity index (χ4n) is 3.50. The molecule has 0 radical (unpaired) electrons. The number of halogens is 2. The van der Waals surface area contributed by atoms with Crippen molar-refractivity contribution in [1.82, 2.24) is 5.32 Å². The summed E-state index contributed by atoms with van der Waals surface area (Å²) in [6.07, 6.45) is 7.87. The molecule has 0 spiro atoms. The smallest absolute Gasteiger partial charge is 0.138 e. The Kier molecular flexibility index (Phi) is 4.75. The first-order chi connectivity index (χ1) is 9.74. The molecule has 2 atom stereocenters. The van der Waals surface area contributed by atoms with Crippen molar-refractivity contribution >= 4 is 23.2 Å². The zero-order chi connectivity index (χ0) is 13.9. The molecule has 0 amide bonds. The largest absolute Gasteiger partial charge is 0.487 e. The Balaban J connectivity index is 1.77. The molecular formula is C16H21Cl2NO. The molecular weight excluding hydrogens is 293 g/mol. The number of ether oxygens (including phenoxy) is 1. The van der Waals surface area contributed by atoms with E-state index in [-0.39, 0.29) is 6.10 Å². The van der Waals surface area contributed by atoms with E-state index in [4.69, 9.17) is 27.9 Å². The van der Waals surface area contributed by atoms with E-state index in [9.17, 15) is 0 Å². The second-order valence-corrected chi connectivity index (χ2v) is 6.75. The minimum absolute atomic E-state index is 0.235. The number of hydrogen-bond donors (Lipinski definition) is 1. The number of benzene rings is 1. The third-order valence-electron chi connectivity index (χ3n) is 4.52. The Morgan fingerprint density at radius 2 is 1.90 bits per heavy atom. The summed E-state index contributed by atoms with van der Waals surface area (Å²) in [5, 5.41) is 4.85. The van der Waals surface area contributed by atoms with Crippen molar-refractivity contribution in [3.05, 3.63) is 28.2 Å². The van der Waals surface area contributed by atoms with Gasteiger partial charge in [0.2, 0.25) is 0 Å². The highest BCUT2D eigenvalue weighted by molar-refractivity contribution is 6.35. The second kappa shape index (κ2) is 6.55. The summed E-state index contributed by atoms with van der Waals surface area (Å²) in [5.41, 5.74) is 0. The van der Waals surface area contributed by atoms with Gasteiger partial charge in [0.1, 0.15) is 11.9 Å². The van der Waals surface area contributed by atoms with Gasteiger partial charge in [-0.25, -0.2) is 0 Å². The summed E-state index contributed by atoms with van der Waals surface area (Å²) in [5.74, 6) is 1.42. The standard InChI is InChI=1S/C16H21Cl2NO/c17-12-7-8-15(13(18)10-12)20-16(11-4-1-2-5-11)14-6-3-9-19-14/h7-8,10-11,14,16,19H,1-6,9H2. The van der Waals surface area contributed by atoms with Gasteiger partial charge in [-0.05, 0) is 56.3 Å². The van der Waals surface area contributed by atoms with Crippen LogP contribution >= 0.6 is 23.2 Å². The average Bonchev–Trinajstić information content (AvgIpc) is 3.11. The topological polar surface area (TPSA) is 21.3 Å². The van der Waals surface area contributed by atoms with Crippen molar-refractivity contribution in [2.24, 2.45) is 5.92 Å². The first kappa shape index (κ1) is 14.5. The molecule has 1 aliphatic carbocycles. The quantitative estimate of drug-likeness (QED) is 0.871. The number of nitrogens with one attached hydrogen (secondary N) is 1. The van der Waals surface area contributed by atoms with Crippen LogP contribution in [-0.2, 0) is 0 Å². The number of hydrogen-bond acceptors (Lipinski definition) is 2. The number of rotatable bonds is 4. The van der Waals surface area contributed by atoms with Crippen molar-refractivity contribution in [3.8, 4) is 5.75 Å². The van der Waals surface area contributed by atoms with Crippen LogP contribution < -0.4 is 10.1 Å². The van der Waals surface area contributed by atoms with Crippen molar-refractivity contribution in [3.63, 3.8) is 0 Å². The summed E-state index contributed by atoms with van der Waals surface area (Å²) >= 11 is 12.2. The van der Waals surface area contributed by atoms with Gasteiger partial charge in [-0.2, -0.15) is 0 Å². The zero-order valence-electron chi connectivity index (χ0n) is 11.6. The predicted molar refractivity (Wildman–Crippen MR) is 83.9 cm³/mol. The van der Waals surface area contributed by atoms with Crippen molar-refractivity contribution in [1.29, 1.82) is 0 Å². The predicted octanol–water partition coefficient (Wildman–Crippen LogP) is 4.68. The Morgan fingerprint density at radius 3 is 2.55 bits per heavy atom. The molecule has 1 N–H and O–H groups in total. The van der Waals surface area contributed by atoms with Crippen molar-refractivity contribution < 1.29 is 4.74 Å². The van der Waals surface area contributed by atoms with E-state index in [0.29, 0.717) is 22.0 Å². The van der Waals surface area contributed by atoms with E-state index in [0.717, 1.165) is 12.3 Å². The van der Waals surface area contributed by atoms with Crippen molar-refractivity contribution in [2.75, 3.05) is 6.54 Å². The van der Waals surface area contributed by atoms with E-state index in [1.807, 2.05) is 12.1 Å². The van der Waals surface area contributed by atoms with Gasteiger partial charge in [-0.1, -0.05) is 36.0 Å². The highest BCUT2D eigenvalue weighted by atomic mass is 35.5. The summed E-state index contributed by atoms with van der Waals surface area (Å²) in [7, 11) is 0. The van der Waals surface area contributed by atoms with Crippen LogP contribution in [0, 0.1) is 5.92 Å². The molecule has 110 valence electrons. The van der Waals surface area contributed by atoms with Gasteiger partial charge >= 0.3 is 0 Å². The van der Waals surface area contributed by atoms with Crippen LogP contribution in [0.1, 0.15) is 38.5 Å². The molecule has 2 aliphatic rings. The lowest BCUT2D eigenvalue weighted by molar-refractivity contribution is 0.102. The molecule has 2 unspecified atom stereocenters. The fourth-order valence-corrected chi connectivity index (χ4v) is 3.96. The highest BCUT2D eigenvalue weighted by Crippen LogP contribution is 2.36. The minimum atomic E-state index is 0.235. The van der Waals surface area contributed by atoms with E-state index >= 15 is 0 Å². The van der Waals surface area contributed by atoms with E-state index in [2.05, 4.69) is 5.32 Å². The molecule has 2 nitrogen and oxygen atoms in total. The zero-order valence-corrected chi connectivity index (χ0v) is 13.1. The van der Waals surface area contributed by atoms with Crippen molar-refractivity contribution in [2.45, 2.75) is 50.7 Å². The van der Waals surface area contributed by atoms with Gasteiger partial charge < -0.3 is 10.1 Å². The van der Waals surface area contributed by atoms with Crippen LogP contribution in [0.15, 0.2) is 18.2 Å². The maximum absolute atomic E-state index is 6.32. The molecule has 1 aromatic rings. The van der Waals surface area contributed by atoms with Crippen LogP contribution in [0.5, 0.6) is 5.75 Å². The lowest BCUT2D eigenvalue weighted by Crippen LogP contribution is -2.43. The SMILES string of the molecule is Clc1ccc(OC(C2CCCC2)C2CCCN2)c(Cl)c1. The molecule has 2 fully saturated rings. The average molecular weight is 314 g/mol. The molecule has 1 saturated carbocycles. The van der Waals surface area contributed by atoms with E-state index in [1.165, 1.54) is 38.5 Å². The molecule has 20 heavy (non-hydrogen) atoms. The lowest BCUT2D eigenvalue weighted by atomic mass is 9.93. The van der Waals surface area contributed by atoms with Gasteiger partial charge in [0.05, 0.1) is 5.02 Å². The first-order valence-electron chi connectivity index (χ1n) is 7.59. The van der Waals surface area contributed by atoms with Crippen LogP contribution in [0.25, 0.3) is 0 Å². The van der Waals surface area contributed by atoms with Crippen LogP contribution in [-0.4, -0.2) is 18.7 Å². The monoisotopic (exact) mass is 313 g/mol. The molecule has 0 bridgehead atoms. The Bertz CT molecular complexity index is 438. The van der Waals surface area contributed by atoms with E-state index < -0.39 is 0 Å². The maximum Gasteiger partial charge on any atom is 0.138 e. The Labute approximate surface area is 130 Å². The Hall–Kier alpha value is -0.440. The first-order valence-corrected chi connectivity index (χ1v) is 8.35. The summed E-state index contributed by atoms with van der Waals surface area (Å²) in [6.45, 7) is 1.10. The molecule has 4 heteroatoms. The van der Waals surface area contributed by atoms with Gasteiger partial charge in [0.25, 0.3) is 0 Å². The summed E-state index contributed by atoms with van der Waals surface area (Å²) in [4.78, 5) is 0. The third kappa shape index (κ3) is 3.24. The fraction of sp³-hybridized carbons (Fsp3) is 0.625. The second-order valence-electron chi connectivity index (χ2n) is 5.90. The van der Waals surface area contributed by atoms with Gasteiger partial charge in [-0.15, -0.1) is 0 Å². The summed E-state index contributed by atoms with van der Waals surface area (Å²) < 4.78 is 6.32. The Morgan fingerprint density at radius 1 is 1.10 bits per heavy atom.